The molecule has 0 aromatic heterocycles. The number of sulfonamides is 1. The van der Waals surface area contributed by atoms with E-state index in [-0.39, 0.29) is 4.90 Å². The quantitative estimate of drug-likeness (QED) is 0.581. The molecule has 0 heterocycles. The Morgan fingerprint density at radius 3 is 2.54 bits per heavy atom. The first kappa shape index (κ1) is 16.2. The highest BCUT2D eigenvalue weighted by Gasteiger charge is 2.15. The van der Waals surface area contributed by atoms with E-state index in [1.54, 1.807) is 19.1 Å². The average molecular weight is 338 g/mol. The van der Waals surface area contributed by atoms with Gasteiger partial charge in [0, 0.05) is 5.56 Å². The summed E-state index contributed by atoms with van der Waals surface area (Å²) in [5.41, 5.74) is 2.43. The summed E-state index contributed by atoms with van der Waals surface area (Å²) in [6, 6.07) is 19.0. The Balaban J connectivity index is 1.89. The van der Waals surface area contributed by atoms with Gasteiger partial charge in [-0.3, -0.25) is 0 Å². The molecule has 0 radical (unpaired) electrons. The number of hydrogen-bond acceptors (Lipinski definition) is 3. The molecule has 0 unspecified atom stereocenters. The number of fused-ring (bicyclic) bond motifs is 1. The van der Waals surface area contributed by atoms with Crippen LogP contribution in [-0.2, 0) is 10.0 Å². The molecule has 0 atom stereocenters. The van der Waals surface area contributed by atoms with E-state index in [1.165, 1.54) is 6.21 Å². The summed E-state index contributed by atoms with van der Waals surface area (Å²) in [6.07, 6.45) is 1.53. The number of hydrazone groups is 1. The van der Waals surface area contributed by atoms with E-state index in [0.29, 0.717) is 5.56 Å². The van der Waals surface area contributed by atoms with Crippen LogP contribution in [0.5, 0.6) is 0 Å². The van der Waals surface area contributed by atoms with Crippen LogP contribution in [0.25, 0.3) is 10.8 Å². The van der Waals surface area contributed by atoms with Crippen LogP contribution in [-0.4, -0.2) is 14.6 Å². The molecule has 0 aliphatic heterocycles. The lowest BCUT2D eigenvalue weighted by Gasteiger charge is -2.08. The van der Waals surface area contributed by atoms with Crippen molar-refractivity contribution in [3.63, 3.8) is 0 Å². The number of nitrogens with zero attached hydrogens (tertiary/aromatic N) is 1. The van der Waals surface area contributed by atoms with Crippen molar-refractivity contribution in [1.29, 1.82) is 0 Å². The van der Waals surface area contributed by atoms with Crippen LogP contribution in [0.3, 0.4) is 0 Å². The lowest BCUT2D eigenvalue weighted by atomic mass is 10.1. The van der Waals surface area contributed by atoms with Gasteiger partial charge in [-0.25, -0.2) is 4.83 Å². The minimum Gasteiger partial charge on any atom is -0.200 e. The second kappa shape index (κ2) is 6.45. The second-order valence-electron chi connectivity index (χ2n) is 5.69. The van der Waals surface area contributed by atoms with Crippen molar-refractivity contribution in [2.45, 2.75) is 18.7 Å². The number of rotatable bonds is 4. The van der Waals surface area contributed by atoms with E-state index in [0.717, 1.165) is 21.9 Å². The highest BCUT2D eigenvalue weighted by molar-refractivity contribution is 7.89. The van der Waals surface area contributed by atoms with Crippen molar-refractivity contribution in [1.82, 2.24) is 4.83 Å². The fourth-order valence-corrected chi connectivity index (χ4v) is 3.70. The van der Waals surface area contributed by atoms with Crippen molar-refractivity contribution in [2.24, 2.45) is 5.10 Å². The molecule has 3 aromatic rings. The Bertz CT molecular complexity index is 1020. The molecule has 0 saturated carbocycles. The van der Waals surface area contributed by atoms with E-state index in [2.05, 4.69) is 9.93 Å². The van der Waals surface area contributed by atoms with E-state index in [1.807, 2.05) is 55.5 Å². The zero-order valence-corrected chi connectivity index (χ0v) is 14.3. The zero-order chi connectivity index (χ0) is 17.2. The summed E-state index contributed by atoms with van der Waals surface area (Å²) in [6.45, 7) is 3.63. The first-order valence-electron chi connectivity index (χ1n) is 7.57. The Morgan fingerprint density at radius 1 is 0.958 bits per heavy atom. The van der Waals surface area contributed by atoms with Gasteiger partial charge < -0.3 is 0 Å². The van der Waals surface area contributed by atoms with Crippen molar-refractivity contribution in [3.05, 3.63) is 77.4 Å². The summed E-state index contributed by atoms with van der Waals surface area (Å²) in [4.78, 5) is 2.55. The van der Waals surface area contributed by atoms with Crippen LogP contribution in [0.1, 0.15) is 16.7 Å². The van der Waals surface area contributed by atoms with Gasteiger partial charge in [-0.2, -0.15) is 13.5 Å². The third-order valence-corrected chi connectivity index (χ3v) is 5.20. The molecular weight excluding hydrogens is 320 g/mol. The number of benzene rings is 3. The summed E-state index contributed by atoms with van der Waals surface area (Å²) >= 11 is 0. The molecule has 3 aromatic carbocycles. The van der Waals surface area contributed by atoms with Crippen molar-refractivity contribution in [2.75, 3.05) is 0 Å². The van der Waals surface area contributed by atoms with Gasteiger partial charge in [-0.05, 0) is 41.8 Å². The molecular formula is C19H18N2O2S. The van der Waals surface area contributed by atoms with Crippen LogP contribution in [0.15, 0.2) is 70.7 Å². The maximum absolute atomic E-state index is 12.4. The predicted molar refractivity (Wildman–Crippen MR) is 97.8 cm³/mol. The minimum atomic E-state index is -3.68. The molecule has 0 aliphatic carbocycles. The van der Waals surface area contributed by atoms with Gasteiger partial charge in [0.05, 0.1) is 11.1 Å². The standard InChI is InChI=1S/C19H18N2O2S/c1-14-10-11-15(2)19(12-14)24(22,23)21-20-13-17-8-5-7-16-6-3-4-9-18(16)17/h3-13,21H,1-2H3. The number of aryl methyl sites for hydroxylation is 2. The lowest BCUT2D eigenvalue weighted by Crippen LogP contribution is -2.19. The van der Waals surface area contributed by atoms with Gasteiger partial charge in [0.1, 0.15) is 0 Å². The first-order chi connectivity index (χ1) is 11.5. The first-order valence-corrected chi connectivity index (χ1v) is 9.05. The molecule has 24 heavy (non-hydrogen) atoms. The Morgan fingerprint density at radius 2 is 1.71 bits per heavy atom. The summed E-state index contributed by atoms with van der Waals surface area (Å²) in [5, 5.41) is 6.05. The maximum atomic E-state index is 12.4. The topological polar surface area (TPSA) is 58.5 Å². The third kappa shape index (κ3) is 3.31. The molecule has 122 valence electrons. The van der Waals surface area contributed by atoms with Crippen LogP contribution in [0.4, 0.5) is 0 Å². The second-order valence-corrected chi connectivity index (χ2v) is 7.32. The average Bonchev–Trinajstić information content (AvgIpc) is 2.57. The van der Waals surface area contributed by atoms with Crippen LogP contribution in [0.2, 0.25) is 0 Å². The lowest BCUT2D eigenvalue weighted by molar-refractivity contribution is 0.584. The van der Waals surface area contributed by atoms with Crippen molar-refractivity contribution >= 4 is 27.0 Å². The van der Waals surface area contributed by atoms with Gasteiger partial charge in [-0.15, -0.1) is 0 Å². The summed E-state index contributed by atoms with van der Waals surface area (Å²) in [7, 11) is -3.68. The van der Waals surface area contributed by atoms with Gasteiger partial charge in [0.25, 0.3) is 10.0 Å². The highest BCUT2D eigenvalue weighted by Crippen LogP contribution is 2.18. The van der Waals surface area contributed by atoms with Crippen molar-refractivity contribution in [3.8, 4) is 0 Å². The summed E-state index contributed by atoms with van der Waals surface area (Å²) < 4.78 is 24.9. The van der Waals surface area contributed by atoms with Gasteiger partial charge in [0.15, 0.2) is 0 Å². The molecule has 0 amide bonds. The van der Waals surface area contributed by atoms with Crippen LogP contribution < -0.4 is 4.83 Å². The predicted octanol–water partition coefficient (Wildman–Crippen LogP) is 3.77. The maximum Gasteiger partial charge on any atom is 0.276 e. The molecule has 1 N–H and O–H groups in total. The van der Waals surface area contributed by atoms with E-state index < -0.39 is 10.0 Å². The number of hydrogen-bond donors (Lipinski definition) is 1. The highest BCUT2D eigenvalue weighted by atomic mass is 32.2. The smallest absolute Gasteiger partial charge is 0.200 e. The minimum absolute atomic E-state index is 0.248. The van der Waals surface area contributed by atoms with Gasteiger partial charge in [0.2, 0.25) is 0 Å². The van der Waals surface area contributed by atoms with Crippen LogP contribution >= 0.6 is 0 Å². The molecule has 4 nitrogen and oxygen atoms in total. The molecule has 0 bridgehead atoms. The van der Waals surface area contributed by atoms with Gasteiger partial charge in [-0.1, -0.05) is 54.6 Å². The third-order valence-electron chi connectivity index (χ3n) is 3.83. The molecule has 5 heteroatoms. The fraction of sp³-hybridized carbons (Fsp3) is 0.105. The monoisotopic (exact) mass is 338 g/mol. The Labute approximate surface area is 141 Å². The van der Waals surface area contributed by atoms with E-state index in [9.17, 15) is 8.42 Å². The Hall–Kier alpha value is -2.66. The van der Waals surface area contributed by atoms with Crippen molar-refractivity contribution < 1.29 is 8.42 Å². The molecule has 0 saturated heterocycles. The van der Waals surface area contributed by atoms with E-state index in [4.69, 9.17) is 0 Å². The molecule has 0 aliphatic rings. The summed E-state index contributed by atoms with van der Waals surface area (Å²) in [5.74, 6) is 0. The van der Waals surface area contributed by atoms with Crippen LogP contribution in [0, 0.1) is 13.8 Å². The normalized spacial score (nSPS) is 11.9. The molecule has 3 rings (SSSR count). The Kier molecular flexibility index (Phi) is 4.36. The molecule has 0 spiro atoms. The number of nitrogens with one attached hydrogen (secondary N) is 1. The SMILES string of the molecule is Cc1ccc(C)c(S(=O)(=O)NN=Cc2cccc3ccccc23)c1. The van der Waals surface area contributed by atoms with Gasteiger partial charge >= 0.3 is 0 Å². The van der Waals surface area contributed by atoms with E-state index >= 15 is 0 Å². The zero-order valence-electron chi connectivity index (χ0n) is 13.5. The fourth-order valence-electron chi connectivity index (χ4n) is 2.57. The largest absolute Gasteiger partial charge is 0.276 e. The molecule has 0 fully saturated rings.